The van der Waals surface area contributed by atoms with Crippen molar-refractivity contribution in [3.8, 4) is 0 Å². The standard InChI is InChI=1S/C14H23N3O2S2/c1-3-17(4-2)12(11-5-6-20-8-11)7-16-14(19)10-21-9-13(15)18/h5-6,8,12H,3-4,7,9-10H2,1-2H3,(H2,15,18)(H,16,19). The zero-order valence-corrected chi connectivity index (χ0v) is 14.1. The lowest BCUT2D eigenvalue weighted by Crippen LogP contribution is -2.38. The summed E-state index contributed by atoms with van der Waals surface area (Å²) < 4.78 is 0. The van der Waals surface area contributed by atoms with E-state index in [0.717, 1.165) is 13.1 Å². The van der Waals surface area contributed by atoms with Crippen LogP contribution < -0.4 is 11.1 Å². The van der Waals surface area contributed by atoms with Crippen LogP contribution in [0.15, 0.2) is 16.8 Å². The van der Waals surface area contributed by atoms with E-state index < -0.39 is 5.91 Å². The van der Waals surface area contributed by atoms with E-state index in [9.17, 15) is 9.59 Å². The average molecular weight is 329 g/mol. The van der Waals surface area contributed by atoms with E-state index >= 15 is 0 Å². The van der Waals surface area contributed by atoms with Crippen molar-refractivity contribution in [3.63, 3.8) is 0 Å². The molecule has 1 rings (SSSR count). The molecule has 0 aromatic carbocycles. The minimum Gasteiger partial charge on any atom is -0.369 e. The number of likely N-dealkylation sites (N-methyl/N-ethyl adjacent to an activating group) is 1. The van der Waals surface area contributed by atoms with Crippen molar-refractivity contribution in [2.45, 2.75) is 19.9 Å². The van der Waals surface area contributed by atoms with Crippen LogP contribution in [0.5, 0.6) is 0 Å². The van der Waals surface area contributed by atoms with Gasteiger partial charge in [-0.15, -0.1) is 11.8 Å². The zero-order chi connectivity index (χ0) is 15.7. The first-order valence-electron chi connectivity index (χ1n) is 6.97. The Labute approximate surface area is 134 Å². The predicted molar refractivity (Wildman–Crippen MR) is 89.5 cm³/mol. The number of primary amides is 1. The fourth-order valence-electron chi connectivity index (χ4n) is 2.09. The SMILES string of the molecule is CCN(CC)C(CNC(=O)CSCC(N)=O)c1ccsc1. The zero-order valence-electron chi connectivity index (χ0n) is 12.5. The summed E-state index contributed by atoms with van der Waals surface area (Å²) in [4.78, 5) is 24.7. The third-order valence-electron chi connectivity index (χ3n) is 3.15. The van der Waals surface area contributed by atoms with Gasteiger partial charge in [-0.2, -0.15) is 11.3 Å². The van der Waals surface area contributed by atoms with E-state index in [1.54, 1.807) is 11.3 Å². The van der Waals surface area contributed by atoms with Crippen molar-refractivity contribution in [1.29, 1.82) is 0 Å². The number of nitrogens with two attached hydrogens (primary N) is 1. The summed E-state index contributed by atoms with van der Waals surface area (Å²) in [5.74, 6) is -0.0182. The van der Waals surface area contributed by atoms with E-state index in [2.05, 4.69) is 40.9 Å². The monoisotopic (exact) mass is 329 g/mol. The van der Waals surface area contributed by atoms with E-state index in [4.69, 9.17) is 5.73 Å². The highest BCUT2D eigenvalue weighted by Gasteiger charge is 2.19. The minimum absolute atomic E-state index is 0.0614. The number of amides is 2. The van der Waals surface area contributed by atoms with Crippen LogP contribution in [0.4, 0.5) is 0 Å². The number of carbonyl (C=O) groups is 2. The van der Waals surface area contributed by atoms with Crippen LogP contribution in [-0.2, 0) is 9.59 Å². The number of carbonyl (C=O) groups excluding carboxylic acids is 2. The summed E-state index contributed by atoms with van der Waals surface area (Å²) in [7, 11) is 0. The van der Waals surface area contributed by atoms with Gasteiger partial charge in [0.2, 0.25) is 11.8 Å². The number of thiophene rings is 1. The number of nitrogens with one attached hydrogen (secondary N) is 1. The van der Waals surface area contributed by atoms with Crippen LogP contribution in [0, 0.1) is 0 Å². The van der Waals surface area contributed by atoms with Gasteiger partial charge in [0.15, 0.2) is 0 Å². The highest BCUT2D eigenvalue weighted by molar-refractivity contribution is 8.00. The molecule has 0 aliphatic heterocycles. The van der Waals surface area contributed by atoms with Crippen molar-refractivity contribution in [3.05, 3.63) is 22.4 Å². The second kappa shape index (κ2) is 9.81. The molecular weight excluding hydrogens is 306 g/mol. The Morgan fingerprint density at radius 2 is 2.10 bits per heavy atom. The summed E-state index contributed by atoms with van der Waals surface area (Å²) in [6.45, 7) is 6.68. The maximum atomic E-state index is 11.8. The van der Waals surface area contributed by atoms with Crippen LogP contribution in [-0.4, -0.2) is 47.9 Å². The van der Waals surface area contributed by atoms with Crippen LogP contribution in [0.1, 0.15) is 25.5 Å². The molecular formula is C14H23N3O2S2. The molecule has 21 heavy (non-hydrogen) atoms. The molecule has 1 atom stereocenters. The lowest BCUT2D eigenvalue weighted by atomic mass is 10.1. The second-order valence-electron chi connectivity index (χ2n) is 4.56. The lowest BCUT2D eigenvalue weighted by Gasteiger charge is -2.29. The molecule has 0 aliphatic rings. The van der Waals surface area contributed by atoms with Crippen LogP contribution >= 0.6 is 23.1 Å². The molecule has 0 aliphatic carbocycles. The summed E-state index contributed by atoms with van der Waals surface area (Å²) in [6.07, 6.45) is 0. The minimum atomic E-state index is -0.396. The topological polar surface area (TPSA) is 75.4 Å². The maximum absolute atomic E-state index is 11.8. The molecule has 0 radical (unpaired) electrons. The van der Waals surface area contributed by atoms with E-state index in [-0.39, 0.29) is 23.5 Å². The summed E-state index contributed by atoms with van der Waals surface area (Å²) in [5, 5.41) is 7.12. The smallest absolute Gasteiger partial charge is 0.230 e. The Balaban J connectivity index is 2.50. The quantitative estimate of drug-likeness (QED) is 0.681. The lowest BCUT2D eigenvalue weighted by molar-refractivity contribution is -0.118. The van der Waals surface area contributed by atoms with Gasteiger partial charge in [0.05, 0.1) is 17.5 Å². The van der Waals surface area contributed by atoms with Crippen molar-refractivity contribution in [2.75, 3.05) is 31.1 Å². The Morgan fingerprint density at radius 3 is 2.62 bits per heavy atom. The third-order valence-corrected chi connectivity index (χ3v) is 4.81. The highest BCUT2D eigenvalue weighted by Crippen LogP contribution is 2.22. The Bertz CT molecular complexity index is 433. The molecule has 0 saturated heterocycles. The maximum Gasteiger partial charge on any atom is 0.230 e. The van der Waals surface area contributed by atoms with Crippen molar-refractivity contribution in [2.24, 2.45) is 5.73 Å². The van der Waals surface area contributed by atoms with E-state index in [1.165, 1.54) is 17.3 Å². The van der Waals surface area contributed by atoms with Gasteiger partial charge in [-0.3, -0.25) is 14.5 Å². The normalized spacial score (nSPS) is 12.3. The van der Waals surface area contributed by atoms with Gasteiger partial charge < -0.3 is 11.1 Å². The molecule has 0 spiro atoms. The predicted octanol–water partition coefficient (Wildman–Crippen LogP) is 1.47. The van der Waals surface area contributed by atoms with Crippen LogP contribution in [0.3, 0.4) is 0 Å². The first-order chi connectivity index (χ1) is 10.1. The number of hydrogen-bond donors (Lipinski definition) is 2. The van der Waals surface area contributed by atoms with E-state index in [1.807, 2.05) is 0 Å². The molecule has 1 aromatic heterocycles. The number of nitrogens with zero attached hydrogens (tertiary/aromatic N) is 1. The molecule has 2 amide bonds. The third kappa shape index (κ3) is 6.50. The largest absolute Gasteiger partial charge is 0.369 e. The molecule has 118 valence electrons. The van der Waals surface area contributed by atoms with Gasteiger partial charge in [-0.05, 0) is 35.5 Å². The average Bonchev–Trinajstić information content (AvgIpc) is 2.96. The fraction of sp³-hybridized carbons (Fsp3) is 0.571. The van der Waals surface area contributed by atoms with Gasteiger partial charge >= 0.3 is 0 Å². The molecule has 0 bridgehead atoms. The van der Waals surface area contributed by atoms with Gasteiger partial charge in [0, 0.05) is 6.54 Å². The second-order valence-corrected chi connectivity index (χ2v) is 6.32. The molecule has 5 nitrogen and oxygen atoms in total. The fourth-order valence-corrected chi connectivity index (χ4v) is 3.39. The van der Waals surface area contributed by atoms with Crippen molar-refractivity contribution < 1.29 is 9.59 Å². The van der Waals surface area contributed by atoms with Crippen LogP contribution in [0.2, 0.25) is 0 Å². The molecule has 0 fully saturated rings. The Hall–Kier alpha value is -1.05. The Morgan fingerprint density at radius 1 is 1.38 bits per heavy atom. The summed E-state index contributed by atoms with van der Waals surface area (Å²) in [5.41, 5.74) is 6.27. The van der Waals surface area contributed by atoms with Gasteiger partial charge in [0.1, 0.15) is 0 Å². The molecule has 7 heteroatoms. The Kier molecular flexibility index (Phi) is 8.41. The summed E-state index contributed by atoms with van der Waals surface area (Å²) in [6, 6.07) is 2.29. The molecule has 3 N–H and O–H groups in total. The van der Waals surface area contributed by atoms with Gasteiger partial charge in [-0.1, -0.05) is 13.8 Å². The number of thioether (sulfide) groups is 1. The number of rotatable bonds is 10. The van der Waals surface area contributed by atoms with Crippen molar-refractivity contribution >= 4 is 34.9 Å². The van der Waals surface area contributed by atoms with Crippen molar-refractivity contribution in [1.82, 2.24) is 10.2 Å². The number of hydrogen-bond acceptors (Lipinski definition) is 5. The first kappa shape index (κ1) is 18.0. The van der Waals surface area contributed by atoms with E-state index in [0.29, 0.717) is 6.54 Å². The van der Waals surface area contributed by atoms with Gasteiger partial charge in [0.25, 0.3) is 0 Å². The van der Waals surface area contributed by atoms with Crippen LogP contribution in [0.25, 0.3) is 0 Å². The molecule has 1 unspecified atom stereocenters. The molecule has 1 heterocycles. The first-order valence-corrected chi connectivity index (χ1v) is 9.07. The highest BCUT2D eigenvalue weighted by atomic mass is 32.2. The molecule has 0 saturated carbocycles. The molecule has 1 aromatic rings. The summed E-state index contributed by atoms with van der Waals surface area (Å²) >= 11 is 2.90. The van der Waals surface area contributed by atoms with Gasteiger partial charge in [-0.25, -0.2) is 0 Å².